The lowest BCUT2D eigenvalue weighted by Crippen LogP contribution is -2.55. The summed E-state index contributed by atoms with van der Waals surface area (Å²) in [7, 11) is 0. The largest absolute Gasteiger partial charge is 0.390 e. The van der Waals surface area contributed by atoms with Crippen LogP contribution in [0.15, 0.2) is 28.9 Å². The minimum absolute atomic E-state index is 0.0548. The number of aliphatic imine (C=N–C) groups is 1. The predicted molar refractivity (Wildman–Crippen MR) is 120 cm³/mol. The second-order valence-corrected chi connectivity index (χ2v) is 9.82. The molecular formula is C24H28F3N5O2. The number of halogens is 3. The van der Waals surface area contributed by atoms with E-state index in [1.54, 1.807) is 22.1 Å². The fourth-order valence-corrected chi connectivity index (χ4v) is 5.00. The summed E-state index contributed by atoms with van der Waals surface area (Å²) in [5.41, 5.74) is 3.30. The molecule has 1 saturated carbocycles. The average molecular weight is 476 g/mol. The average Bonchev–Trinajstić information content (AvgIpc) is 3.48. The van der Waals surface area contributed by atoms with E-state index in [0.717, 1.165) is 36.2 Å². The fraction of sp³-hybridized carbons (Fsp3) is 0.583. The Morgan fingerprint density at radius 2 is 2.00 bits per heavy atom. The number of hydrogen-bond acceptors (Lipinski definition) is 4. The molecule has 2 aliphatic carbocycles. The van der Waals surface area contributed by atoms with Crippen LogP contribution in [0, 0.1) is 11.8 Å². The molecule has 1 aromatic heterocycles. The highest BCUT2D eigenvalue weighted by molar-refractivity contribution is 6.36. The Kier molecular flexibility index (Phi) is 5.74. The van der Waals surface area contributed by atoms with Gasteiger partial charge in [-0.3, -0.25) is 19.2 Å². The molecule has 2 fully saturated rings. The van der Waals surface area contributed by atoms with E-state index in [4.69, 9.17) is 0 Å². The number of hydrogen-bond donors (Lipinski definition) is 0. The summed E-state index contributed by atoms with van der Waals surface area (Å²) in [5.74, 6) is -0.334. The van der Waals surface area contributed by atoms with Gasteiger partial charge in [0.25, 0.3) is 5.91 Å². The van der Waals surface area contributed by atoms with Gasteiger partial charge < -0.3 is 4.90 Å². The zero-order chi connectivity index (χ0) is 24.2. The van der Waals surface area contributed by atoms with Gasteiger partial charge in [0.15, 0.2) is 0 Å². The normalized spacial score (nSPS) is 25.4. The Bertz CT molecular complexity index is 1110. The molecule has 0 bridgehead atoms. The number of amides is 2. The first-order valence-electron chi connectivity index (χ1n) is 11.8. The molecule has 1 aromatic rings. The van der Waals surface area contributed by atoms with Gasteiger partial charge in [0.05, 0.1) is 35.5 Å². The van der Waals surface area contributed by atoms with Crippen LogP contribution in [0.4, 0.5) is 13.2 Å². The van der Waals surface area contributed by atoms with Crippen molar-refractivity contribution in [1.82, 2.24) is 19.6 Å². The summed E-state index contributed by atoms with van der Waals surface area (Å²) in [5, 5.41) is 4.43. The van der Waals surface area contributed by atoms with E-state index in [1.165, 1.54) is 0 Å². The number of piperazine rings is 1. The molecule has 0 N–H and O–H groups in total. The van der Waals surface area contributed by atoms with Crippen molar-refractivity contribution in [3.8, 4) is 0 Å². The SMILES string of the molecule is CC1=CC2=NC(=O)c3cnn(CC4CC4)c3C2=CC1C(=O)N1CCN(CCC(F)(F)F)[C@@H](C)C1. The van der Waals surface area contributed by atoms with E-state index >= 15 is 0 Å². The molecule has 1 saturated heterocycles. The molecular weight excluding hydrogens is 447 g/mol. The number of fused-ring (bicyclic) bond motifs is 3. The van der Waals surface area contributed by atoms with Crippen LogP contribution in [-0.4, -0.2) is 75.5 Å². The van der Waals surface area contributed by atoms with Crippen LogP contribution in [0.1, 0.15) is 49.2 Å². The molecule has 2 amide bonds. The van der Waals surface area contributed by atoms with Gasteiger partial charge >= 0.3 is 6.18 Å². The van der Waals surface area contributed by atoms with Crippen molar-refractivity contribution in [1.29, 1.82) is 0 Å². The lowest BCUT2D eigenvalue weighted by Gasteiger charge is -2.41. The molecule has 2 aliphatic heterocycles. The summed E-state index contributed by atoms with van der Waals surface area (Å²) in [4.78, 5) is 33.8. The maximum absolute atomic E-state index is 13.5. The molecule has 182 valence electrons. The van der Waals surface area contributed by atoms with E-state index in [9.17, 15) is 22.8 Å². The van der Waals surface area contributed by atoms with Crippen LogP contribution in [0.25, 0.3) is 5.57 Å². The monoisotopic (exact) mass is 475 g/mol. The number of aromatic nitrogens is 2. The van der Waals surface area contributed by atoms with Gasteiger partial charge in [-0.2, -0.15) is 18.3 Å². The molecule has 7 nitrogen and oxygen atoms in total. The van der Waals surface area contributed by atoms with Crippen molar-refractivity contribution in [2.24, 2.45) is 16.8 Å². The van der Waals surface area contributed by atoms with Crippen LogP contribution in [0.2, 0.25) is 0 Å². The van der Waals surface area contributed by atoms with Crippen LogP contribution >= 0.6 is 0 Å². The second-order valence-electron chi connectivity index (χ2n) is 9.82. The van der Waals surface area contributed by atoms with Gasteiger partial charge in [0, 0.05) is 44.3 Å². The van der Waals surface area contributed by atoms with Crippen molar-refractivity contribution in [3.63, 3.8) is 0 Å². The first-order chi connectivity index (χ1) is 16.1. The fourth-order valence-electron chi connectivity index (χ4n) is 5.00. The first kappa shape index (κ1) is 23.0. The van der Waals surface area contributed by atoms with Gasteiger partial charge in [-0.1, -0.05) is 11.6 Å². The first-order valence-corrected chi connectivity index (χ1v) is 11.8. The third kappa shape index (κ3) is 4.47. The van der Waals surface area contributed by atoms with Crippen LogP contribution in [-0.2, 0) is 11.3 Å². The maximum atomic E-state index is 13.5. The summed E-state index contributed by atoms with van der Waals surface area (Å²) < 4.78 is 39.8. The molecule has 0 aromatic carbocycles. The van der Waals surface area contributed by atoms with E-state index in [2.05, 4.69) is 10.1 Å². The highest BCUT2D eigenvalue weighted by Gasteiger charge is 2.37. The zero-order valence-corrected chi connectivity index (χ0v) is 19.3. The molecule has 0 radical (unpaired) electrons. The van der Waals surface area contributed by atoms with E-state index in [0.29, 0.717) is 36.8 Å². The van der Waals surface area contributed by atoms with Crippen LogP contribution in [0.3, 0.4) is 0 Å². The number of allylic oxidation sites excluding steroid dienone is 2. The number of alkyl halides is 3. The van der Waals surface area contributed by atoms with Gasteiger partial charge in [-0.05, 0) is 38.7 Å². The molecule has 0 spiro atoms. The molecule has 34 heavy (non-hydrogen) atoms. The minimum Gasteiger partial charge on any atom is -0.339 e. The van der Waals surface area contributed by atoms with Crippen molar-refractivity contribution in [2.45, 2.75) is 51.9 Å². The van der Waals surface area contributed by atoms with E-state index < -0.39 is 18.5 Å². The van der Waals surface area contributed by atoms with Crippen LogP contribution < -0.4 is 0 Å². The Labute approximate surface area is 196 Å². The van der Waals surface area contributed by atoms with Gasteiger partial charge in [0.1, 0.15) is 0 Å². The van der Waals surface area contributed by atoms with Crippen molar-refractivity contribution < 1.29 is 22.8 Å². The lowest BCUT2D eigenvalue weighted by atomic mass is 9.84. The minimum atomic E-state index is -4.19. The van der Waals surface area contributed by atoms with Crippen LogP contribution in [0.5, 0.6) is 0 Å². The number of nitrogens with zero attached hydrogens (tertiary/aromatic N) is 5. The lowest BCUT2D eigenvalue weighted by molar-refractivity contribution is -0.144. The van der Waals surface area contributed by atoms with Gasteiger partial charge in [0.2, 0.25) is 5.91 Å². The summed E-state index contributed by atoms with van der Waals surface area (Å²) in [6.45, 7) is 5.58. The summed E-state index contributed by atoms with van der Waals surface area (Å²) in [6, 6.07) is -0.156. The third-order valence-corrected chi connectivity index (χ3v) is 7.16. The molecule has 5 rings (SSSR count). The highest BCUT2D eigenvalue weighted by Crippen LogP contribution is 2.37. The Morgan fingerprint density at radius 1 is 1.24 bits per heavy atom. The number of rotatable bonds is 5. The number of carbonyl (C=O) groups is 2. The van der Waals surface area contributed by atoms with E-state index in [1.807, 2.05) is 24.6 Å². The molecule has 3 heterocycles. The predicted octanol–water partition coefficient (Wildman–Crippen LogP) is 3.33. The van der Waals surface area contributed by atoms with E-state index in [-0.39, 0.29) is 24.4 Å². The van der Waals surface area contributed by atoms with Crippen molar-refractivity contribution in [2.75, 3.05) is 26.2 Å². The zero-order valence-electron chi connectivity index (χ0n) is 19.3. The Morgan fingerprint density at radius 3 is 2.68 bits per heavy atom. The second kappa shape index (κ2) is 8.48. The molecule has 1 unspecified atom stereocenters. The Balaban J connectivity index is 1.35. The smallest absolute Gasteiger partial charge is 0.339 e. The maximum Gasteiger partial charge on any atom is 0.390 e. The summed E-state index contributed by atoms with van der Waals surface area (Å²) >= 11 is 0. The third-order valence-electron chi connectivity index (χ3n) is 7.16. The number of carbonyl (C=O) groups excluding carboxylic acids is 2. The molecule has 4 aliphatic rings. The summed E-state index contributed by atoms with van der Waals surface area (Å²) in [6.07, 6.45) is 2.51. The quantitative estimate of drug-likeness (QED) is 0.655. The van der Waals surface area contributed by atoms with Crippen molar-refractivity contribution >= 4 is 23.1 Å². The molecule has 2 atom stereocenters. The van der Waals surface area contributed by atoms with Crippen molar-refractivity contribution in [3.05, 3.63) is 35.2 Å². The van der Waals surface area contributed by atoms with Gasteiger partial charge in [-0.15, -0.1) is 0 Å². The Hall–Kier alpha value is -2.75. The topological polar surface area (TPSA) is 70.8 Å². The molecule has 10 heteroatoms. The van der Waals surface area contributed by atoms with Gasteiger partial charge in [-0.25, -0.2) is 4.99 Å². The highest BCUT2D eigenvalue weighted by atomic mass is 19.4. The standard InChI is InChI=1S/C24H28F3N5O2/c1-14-9-20-18(21-19(22(33)29-20)11-28-32(21)13-16-3-4-16)10-17(14)23(34)31-8-7-30(15(2)12-31)6-5-24(25,26)27/h9-11,15-17H,3-8,12-13H2,1-2H3/t15-,17?/m0/s1.